The third kappa shape index (κ3) is 6.22. The molecule has 0 aliphatic rings. The molecule has 0 aliphatic heterocycles. The monoisotopic (exact) mass is 266 g/mol. The lowest BCUT2D eigenvalue weighted by Crippen LogP contribution is -2.37. The van der Waals surface area contributed by atoms with Gasteiger partial charge in [-0.2, -0.15) is 0 Å². The predicted octanol–water partition coefficient (Wildman–Crippen LogP) is 1.33. The van der Waals surface area contributed by atoms with Gasteiger partial charge < -0.3 is 19.0 Å². The maximum absolute atomic E-state index is 12.1. The zero-order valence-corrected chi connectivity index (χ0v) is 11.8. The third-order valence-corrected chi connectivity index (χ3v) is 2.63. The minimum Gasteiger partial charge on any atom is -0.465 e. The number of likely N-dealkylation sites (N-methyl/N-ethyl adjacent to an activating group) is 1. The van der Waals surface area contributed by atoms with Crippen LogP contribution < -0.4 is 0 Å². The largest absolute Gasteiger partial charge is 0.465 e. The number of methoxy groups -OCH3 is 1. The van der Waals surface area contributed by atoms with Gasteiger partial charge in [0.1, 0.15) is 5.76 Å². The van der Waals surface area contributed by atoms with Gasteiger partial charge in [-0.05, 0) is 32.3 Å². The van der Waals surface area contributed by atoms with Gasteiger partial charge in [-0.1, -0.05) is 0 Å². The summed E-state index contributed by atoms with van der Waals surface area (Å²) in [7, 11) is 5.60. The van der Waals surface area contributed by atoms with E-state index in [4.69, 9.17) is 9.15 Å². The first-order chi connectivity index (χ1) is 9.13. The van der Waals surface area contributed by atoms with Crippen LogP contribution in [0.5, 0.6) is 0 Å². The summed E-state index contributed by atoms with van der Waals surface area (Å²) in [6.07, 6.45) is 4.79. The summed E-state index contributed by atoms with van der Waals surface area (Å²) in [6, 6.07) is 3.60. The van der Waals surface area contributed by atoms with E-state index < -0.39 is 0 Å². The Hall–Kier alpha value is -1.59. The highest BCUT2D eigenvalue weighted by atomic mass is 16.5. The number of furan rings is 1. The van der Waals surface area contributed by atoms with Gasteiger partial charge in [0, 0.05) is 32.8 Å². The fourth-order valence-corrected chi connectivity index (χ4v) is 1.50. The van der Waals surface area contributed by atoms with Crippen LogP contribution >= 0.6 is 0 Å². The van der Waals surface area contributed by atoms with E-state index in [0.29, 0.717) is 25.5 Å². The Balaban J connectivity index is 2.54. The van der Waals surface area contributed by atoms with E-state index in [0.717, 1.165) is 6.54 Å². The second-order valence-corrected chi connectivity index (χ2v) is 4.47. The van der Waals surface area contributed by atoms with Gasteiger partial charge in [-0.15, -0.1) is 0 Å². The Bertz CT molecular complexity index is 385. The van der Waals surface area contributed by atoms with Crippen molar-refractivity contribution in [2.75, 3.05) is 47.4 Å². The normalized spacial score (nSPS) is 11.4. The number of hydrogen-bond acceptors (Lipinski definition) is 4. The molecule has 0 bridgehead atoms. The van der Waals surface area contributed by atoms with Crippen molar-refractivity contribution in [1.82, 2.24) is 9.80 Å². The summed E-state index contributed by atoms with van der Waals surface area (Å²) in [5.41, 5.74) is 0. The number of amides is 1. The van der Waals surface area contributed by atoms with Crippen LogP contribution in [0.25, 0.3) is 6.08 Å². The van der Waals surface area contributed by atoms with Crippen LogP contribution in [-0.4, -0.2) is 63.2 Å². The van der Waals surface area contributed by atoms with Crippen molar-refractivity contribution in [2.24, 2.45) is 0 Å². The maximum Gasteiger partial charge on any atom is 0.246 e. The summed E-state index contributed by atoms with van der Waals surface area (Å²) < 4.78 is 10.2. The molecule has 5 heteroatoms. The summed E-state index contributed by atoms with van der Waals surface area (Å²) in [6.45, 7) is 2.63. The van der Waals surface area contributed by atoms with Gasteiger partial charge in [0.25, 0.3) is 0 Å². The molecule has 106 valence electrons. The molecule has 0 aromatic carbocycles. The number of hydrogen-bond donors (Lipinski definition) is 0. The zero-order valence-electron chi connectivity index (χ0n) is 11.8. The van der Waals surface area contributed by atoms with Gasteiger partial charge in [0.2, 0.25) is 5.91 Å². The second-order valence-electron chi connectivity index (χ2n) is 4.47. The topological polar surface area (TPSA) is 45.9 Å². The lowest BCUT2D eigenvalue weighted by atomic mass is 10.3. The molecule has 1 amide bonds. The minimum absolute atomic E-state index is 0.0321. The van der Waals surface area contributed by atoms with Crippen LogP contribution in [0.4, 0.5) is 0 Å². The van der Waals surface area contributed by atoms with Gasteiger partial charge in [-0.3, -0.25) is 4.79 Å². The highest BCUT2D eigenvalue weighted by Gasteiger charge is 2.10. The van der Waals surface area contributed by atoms with E-state index in [1.54, 1.807) is 30.4 Å². The third-order valence-electron chi connectivity index (χ3n) is 2.63. The van der Waals surface area contributed by atoms with Crippen molar-refractivity contribution in [3.63, 3.8) is 0 Å². The van der Waals surface area contributed by atoms with Gasteiger partial charge in [0.15, 0.2) is 0 Å². The van der Waals surface area contributed by atoms with Crippen molar-refractivity contribution in [1.29, 1.82) is 0 Å². The molecule has 0 saturated carbocycles. The molecule has 1 heterocycles. The molecule has 0 spiro atoms. The second kappa shape index (κ2) is 8.50. The first kappa shape index (κ1) is 15.5. The Kier molecular flexibility index (Phi) is 6.92. The molecular weight excluding hydrogens is 244 g/mol. The zero-order chi connectivity index (χ0) is 14.1. The molecule has 0 N–H and O–H groups in total. The standard InChI is InChI=1S/C14H22N2O3/c1-15(2)8-9-16(10-12-18-3)14(17)7-6-13-5-4-11-19-13/h4-7,11H,8-10,12H2,1-3H3/b7-6+. The maximum atomic E-state index is 12.1. The van der Waals surface area contributed by atoms with Crippen LogP contribution in [-0.2, 0) is 9.53 Å². The number of rotatable bonds is 8. The lowest BCUT2D eigenvalue weighted by Gasteiger charge is -2.22. The fourth-order valence-electron chi connectivity index (χ4n) is 1.50. The molecule has 0 fully saturated rings. The quantitative estimate of drug-likeness (QED) is 0.666. The van der Waals surface area contributed by atoms with Gasteiger partial charge in [-0.25, -0.2) is 0 Å². The summed E-state index contributed by atoms with van der Waals surface area (Å²) in [4.78, 5) is 15.9. The molecule has 1 aromatic heterocycles. The highest BCUT2D eigenvalue weighted by Crippen LogP contribution is 2.03. The average molecular weight is 266 g/mol. The van der Waals surface area contributed by atoms with Gasteiger partial charge in [0.05, 0.1) is 12.9 Å². The Morgan fingerprint density at radius 1 is 1.37 bits per heavy atom. The number of ether oxygens (including phenoxy) is 1. The number of carbonyl (C=O) groups is 1. The average Bonchev–Trinajstić information content (AvgIpc) is 2.89. The van der Waals surface area contributed by atoms with E-state index in [2.05, 4.69) is 0 Å². The smallest absolute Gasteiger partial charge is 0.246 e. The lowest BCUT2D eigenvalue weighted by molar-refractivity contribution is -0.126. The molecule has 1 rings (SSSR count). The van der Waals surface area contributed by atoms with Crippen LogP contribution in [0.2, 0.25) is 0 Å². The summed E-state index contributed by atoms with van der Waals surface area (Å²) in [5.74, 6) is 0.642. The molecule has 1 aromatic rings. The van der Waals surface area contributed by atoms with E-state index in [9.17, 15) is 4.79 Å². The fraction of sp³-hybridized carbons (Fsp3) is 0.500. The Labute approximate surface area is 114 Å². The van der Waals surface area contributed by atoms with Crippen molar-refractivity contribution in [3.8, 4) is 0 Å². The number of nitrogens with zero attached hydrogens (tertiary/aromatic N) is 2. The van der Waals surface area contributed by atoms with Crippen molar-refractivity contribution >= 4 is 12.0 Å². The number of carbonyl (C=O) groups excluding carboxylic acids is 1. The molecule has 5 nitrogen and oxygen atoms in total. The minimum atomic E-state index is -0.0321. The van der Waals surface area contributed by atoms with Gasteiger partial charge >= 0.3 is 0 Å². The SMILES string of the molecule is COCCN(CCN(C)C)C(=O)/C=C/c1ccco1. The molecule has 0 unspecified atom stereocenters. The molecule has 19 heavy (non-hydrogen) atoms. The molecular formula is C14H22N2O3. The highest BCUT2D eigenvalue weighted by molar-refractivity contribution is 5.91. The van der Waals surface area contributed by atoms with E-state index in [1.807, 2.05) is 25.1 Å². The molecule has 0 saturated heterocycles. The van der Waals surface area contributed by atoms with E-state index in [1.165, 1.54) is 6.08 Å². The van der Waals surface area contributed by atoms with Crippen molar-refractivity contribution < 1.29 is 13.9 Å². The predicted molar refractivity (Wildman–Crippen MR) is 74.8 cm³/mol. The summed E-state index contributed by atoms with van der Waals surface area (Å²) in [5, 5.41) is 0. The van der Waals surface area contributed by atoms with Crippen LogP contribution in [0.15, 0.2) is 28.9 Å². The van der Waals surface area contributed by atoms with E-state index >= 15 is 0 Å². The molecule has 0 aliphatic carbocycles. The Morgan fingerprint density at radius 3 is 2.74 bits per heavy atom. The first-order valence-electron chi connectivity index (χ1n) is 6.27. The van der Waals surface area contributed by atoms with Crippen LogP contribution in [0.1, 0.15) is 5.76 Å². The van der Waals surface area contributed by atoms with E-state index in [-0.39, 0.29) is 5.91 Å². The summed E-state index contributed by atoms with van der Waals surface area (Å²) >= 11 is 0. The van der Waals surface area contributed by atoms with Crippen LogP contribution in [0, 0.1) is 0 Å². The molecule has 0 atom stereocenters. The van der Waals surface area contributed by atoms with Crippen molar-refractivity contribution in [3.05, 3.63) is 30.2 Å². The van der Waals surface area contributed by atoms with Crippen molar-refractivity contribution in [2.45, 2.75) is 0 Å². The Morgan fingerprint density at radius 2 is 2.16 bits per heavy atom. The molecule has 0 radical (unpaired) electrons. The first-order valence-corrected chi connectivity index (χ1v) is 6.27. The van der Waals surface area contributed by atoms with Crippen LogP contribution in [0.3, 0.4) is 0 Å².